The number of benzene rings is 1. The first kappa shape index (κ1) is 17.8. The van der Waals surface area contributed by atoms with Gasteiger partial charge in [-0.3, -0.25) is 4.79 Å². The minimum atomic E-state index is -0.828. The second kappa shape index (κ2) is 8.22. The molecule has 22 heavy (non-hydrogen) atoms. The van der Waals surface area contributed by atoms with E-state index >= 15 is 0 Å². The molecule has 0 radical (unpaired) electrons. The fourth-order valence-electron chi connectivity index (χ4n) is 1.59. The number of carbonyl (C=O) groups is 2. The lowest BCUT2D eigenvalue weighted by Crippen LogP contribution is -2.22. The number of rotatable bonds is 7. The van der Waals surface area contributed by atoms with Crippen molar-refractivity contribution in [3.05, 3.63) is 35.9 Å². The standard InChI is InChI=1S/C17H22O5/c1-17(2,3)22-16(20)11-8-13-6-9-14(10-7-13)21-12-4-5-15(18)19/h6-11H,4-5,12H2,1-3H3,(H,18,19)/b11-8+. The van der Waals surface area contributed by atoms with E-state index in [0.717, 1.165) is 5.56 Å². The van der Waals surface area contributed by atoms with Crippen molar-refractivity contribution in [3.63, 3.8) is 0 Å². The summed E-state index contributed by atoms with van der Waals surface area (Å²) in [6.07, 6.45) is 3.61. The lowest BCUT2D eigenvalue weighted by Gasteiger charge is -2.17. The molecule has 0 aliphatic carbocycles. The second-order valence-electron chi connectivity index (χ2n) is 5.78. The van der Waals surface area contributed by atoms with E-state index in [1.807, 2.05) is 32.9 Å². The van der Waals surface area contributed by atoms with Crippen LogP contribution in [0.15, 0.2) is 30.3 Å². The van der Waals surface area contributed by atoms with Crippen LogP contribution in [0.3, 0.4) is 0 Å². The molecule has 1 rings (SSSR count). The summed E-state index contributed by atoms with van der Waals surface area (Å²) in [5, 5.41) is 8.52. The molecule has 0 spiro atoms. The largest absolute Gasteiger partial charge is 0.494 e. The molecule has 0 saturated heterocycles. The number of aliphatic carboxylic acids is 1. The third kappa shape index (κ3) is 8.09. The van der Waals surface area contributed by atoms with E-state index < -0.39 is 11.6 Å². The Bertz CT molecular complexity index is 523. The van der Waals surface area contributed by atoms with Crippen LogP contribution in [0.4, 0.5) is 0 Å². The molecule has 120 valence electrons. The molecule has 0 saturated carbocycles. The highest BCUT2D eigenvalue weighted by molar-refractivity contribution is 5.87. The third-order valence-electron chi connectivity index (χ3n) is 2.50. The van der Waals surface area contributed by atoms with Crippen molar-refractivity contribution in [2.24, 2.45) is 0 Å². The lowest BCUT2D eigenvalue weighted by molar-refractivity contribution is -0.148. The van der Waals surface area contributed by atoms with Gasteiger partial charge in [0.05, 0.1) is 6.61 Å². The minimum absolute atomic E-state index is 0.0940. The zero-order chi connectivity index (χ0) is 16.6. The molecule has 0 bridgehead atoms. The quantitative estimate of drug-likeness (QED) is 0.475. The molecule has 5 nitrogen and oxygen atoms in total. The van der Waals surface area contributed by atoms with Gasteiger partial charge in [0.1, 0.15) is 11.4 Å². The van der Waals surface area contributed by atoms with Crippen molar-refractivity contribution in [2.75, 3.05) is 6.61 Å². The number of hydrogen-bond donors (Lipinski definition) is 1. The molecule has 0 aliphatic rings. The highest BCUT2D eigenvalue weighted by Crippen LogP contribution is 2.14. The summed E-state index contributed by atoms with van der Waals surface area (Å²) in [5.74, 6) is -0.549. The van der Waals surface area contributed by atoms with Crippen molar-refractivity contribution >= 4 is 18.0 Å². The van der Waals surface area contributed by atoms with Crippen LogP contribution in [-0.4, -0.2) is 29.3 Å². The molecular formula is C17H22O5. The smallest absolute Gasteiger partial charge is 0.331 e. The molecule has 0 aliphatic heterocycles. The highest BCUT2D eigenvalue weighted by atomic mass is 16.6. The Hall–Kier alpha value is -2.30. The van der Waals surface area contributed by atoms with Gasteiger partial charge < -0.3 is 14.6 Å². The van der Waals surface area contributed by atoms with Gasteiger partial charge in [0, 0.05) is 12.5 Å². The first-order valence-corrected chi connectivity index (χ1v) is 7.12. The normalized spacial score (nSPS) is 11.4. The van der Waals surface area contributed by atoms with Crippen LogP contribution in [-0.2, 0) is 14.3 Å². The van der Waals surface area contributed by atoms with Crippen molar-refractivity contribution in [2.45, 2.75) is 39.2 Å². The van der Waals surface area contributed by atoms with Crippen LogP contribution in [0, 0.1) is 0 Å². The number of carbonyl (C=O) groups excluding carboxylic acids is 1. The van der Waals surface area contributed by atoms with E-state index in [2.05, 4.69) is 0 Å². The molecule has 0 heterocycles. The summed E-state index contributed by atoms with van der Waals surface area (Å²) >= 11 is 0. The van der Waals surface area contributed by atoms with E-state index in [-0.39, 0.29) is 12.4 Å². The Morgan fingerprint density at radius 1 is 1.18 bits per heavy atom. The Morgan fingerprint density at radius 3 is 2.36 bits per heavy atom. The maximum Gasteiger partial charge on any atom is 0.331 e. The van der Waals surface area contributed by atoms with Gasteiger partial charge in [-0.05, 0) is 51.0 Å². The first-order valence-electron chi connectivity index (χ1n) is 7.12. The minimum Gasteiger partial charge on any atom is -0.494 e. The number of hydrogen-bond acceptors (Lipinski definition) is 4. The van der Waals surface area contributed by atoms with Gasteiger partial charge in [-0.15, -0.1) is 0 Å². The molecule has 0 aromatic heterocycles. The molecule has 1 N–H and O–H groups in total. The monoisotopic (exact) mass is 306 g/mol. The van der Waals surface area contributed by atoms with E-state index in [0.29, 0.717) is 18.8 Å². The Morgan fingerprint density at radius 2 is 1.82 bits per heavy atom. The van der Waals surface area contributed by atoms with Gasteiger partial charge in [0.2, 0.25) is 0 Å². The van der Waals surface area contributed by atoms with Gasteiger partial charge >= 0.3 is 11.9 Å². The fraction of sp³-hybridized carbons (Fsp3) is 0.412. The van der Waals surface area contributed by atoms with Crippen LogP contribution >= 0.6 is 0 Å². The van der Waals surface area contributed by atoms with E-state index in [1.165, 1.54) is 6.08 Å². The van der Waals surface area contributed by atoms with Crippen molar-refractivity contribution < 1.29 is 24.2 Å². The second-order valence-corrected chi connectivity index (χ2v) is 5.78. The maximum atomic E-state index is 11.5. The van der Waals surface area contributed by atoms with Crippen molar-refractivity contribution in [3.8, 4) is 5.75 Å². The Labute approximate surface area is 130 Å². The molecule has 0 unspecified atom stereocenters. The summed E-state index contributed by atoms with van der Waals surface area (Å²) in [6, 6.07) is 7.17. The molecule has 1 aromatic carbocycles. The Balaban J connectivity index is 2.44. The summed E-state index contributed by atoms with van der Waals surface area (Å²) in [4.78, 5) is 21.9. The van der Waals surface area contributed by atoms with Gasteiger partial charge in [0.15, 0.2) is 0 Å². The zero-order valence-corrected chi connectivity index (χ0v) is 13.2. The molecular weight excluding hydrogens is 284 g/mol. The van der Waals surface area contributed by atoms with E-state index in [1.54, 1.807) is 18.2 Å². The average molecular weight is 306 g/mol. The number of esters is 1. The van der Waals surface area contributed by atoms with E-state index in [4.69, 9.17) is 14.6 Å². The van der Waals surface area contributed by atoms with Crippen LogP contribution in [0.25, 0.3) is 6.08 Å². The van der Waals surface area contributed by atoms with Crippen molar-refractivity contribution in [1.29, 1.82) is 0 Å². The van der Waals surface area contributed by atoms with Crippen LogP contribution in [0.5, 0.6) is 5.75 Å². The number of ether oxygens (including phenoxy) is 2. The molecule has 5 heteroatoms. The lowest BCUT2D eigenvalue weighted by atomic mass is 10.2. The predicted molar refractivity (Wildman–Crippen MR) is 83.7 cm³/mol. The molecule has 0 amide bonds. The molecule has 0 fully saturated rings. The fourth-order valence-corrected chi connectivity index (χ4v) is 1.59. The summed E-state index contributed by atoms with van der Waals surface area (Å²) < 4.78 is 10.6. The highest BCUT2D eigenvalue weighted by Gasteiger charge is 2.13. The zero-order valence-electron chi connectivity index (χ0n) is 13.2. The van der Waals surface area contributed by atoms with Crippen molar-refractivity contribution in [1.82, 2.24) is 0 Å². The van der Waals surface area contributed by atoms with Gasteiger partial charge in [-0.25, -0.2) is 4.79 Å². The van der Waals surface area contributed by atoms with Gasteiger partial charge in [-0.2, -0.15) is 0 Å². The van der Waals surface area contributed by atoms with E-state index in [9.17, 15) is 9.59 Å². The Kier molecular flexibility index (Phi) is 6.63. The first-order chi connectivity index (χ1) is 10.3. The van der Waals surface area contributed by atoms with Gasteiger partial charge in [-0.1, -0.05) is 12.1 Å². The maximum absolute atomic E-state index is 11.5. The molecule has 0 atom stereocenters. The summed E-state index contributed by atoms with van der Waals surface area (Å²) in [5.41, 5.74) is 0.346. The van der Waals surface area contributed by atoms with Crippen LogP contribution < -0.4 is 4.74 Å². The summed E-state index contributed by atoms with van der Waals surface area (Å²) in [7, 11) is 0. The van der Waals surface area contributed by atoms with Gasteiger partial charge in [0.25, 0.3) is 0 Å². The summed E-state index contributed by atoms with van der Waals surface area (Å²) in [6.45, 7) is 5.80. The molecule has 1 aromatic rings. The average Bonchev–Trinajstić information content (AvgIpc) is 2.40. The predicted octanol–water partition coefficient (Wildman–Crippen LogP) is 3.29. The van der Waals surface area contributed by atoms with Crippen LogP contribution in [0.1, 0.15) is 39.2 Å². The number of carboxylic acid groups (broad SMARTS) is 1. The topological polar surface area (TPSA) is 72.8 Å². The van der Waals surface area contributed by atoms with Crippen LogP contribution in [0.2, 0.25) is 0 Å². The third-order valence-corrected chi connectivity index (χ3v) is 2.50. The SMILES string of the molecule is CC(C)(C)OC(=O)/C=C/c1ccc(OCCCC(=O)O)cc1. The number of carboxylic acids is 1.